The monoisotopic (exact) mass is 262 g/mol. The van der Waals surface area contributed by atoms with Gasteiger partial charge in [-0.3, -0.25) is 0 Å². The minimum atomic E-state index is -0.395. The highest BCUT2D eigenvalue weighted by Gasteiger charge is 2.37. The number of nitrogen functional groups attached to an aromatic ring is 1. The summed E-state index contributed by atoms with van der Waals surface area (Å²) in [7, 11) is 1.37. The van der Waals surface area contributed by atoms with Crippen LogP contribution in [-0.4, -0.2) is 18.6 Å². The molecule has 0 aliphatic heterocycles. The van der Waals surface area contributed by atoms with Crippen molar-refractivity contribution in [2.24, 2.45) is 5.92 Å². The maximum absolute atomic E-state index is 11.7. The van der Waals surface area contributed by atoms with E-state index in [1.807, 2.05) is 13.0 Å². The number of aryl methyl sites for hydroxylation is 1. The van der Waals surface area contributed by atoms with E-state index in [9.17, 15) is 4.79 Å². The topological polar surface area (TPSA) is 64.3 Å². The van der Waals surface area contributed by atoms with Gasteiger partial charge in [-0.1, -0.05) is 0 Å². The van der Waals surface area contributed by atoms with Crippen molar-refractivity contribution in [3.05, 3.63) is 23.3 Å². The zero-order chi connectivity index (χ0) is 14.2. The van der Waals surface area contributed by atoms with Gasteiger partial charge < -0.3 is 15.8 Å². The average molecular weight is 262 g/mol. The fourth-order valence-corrected chi connectivity index (χ4v) is 2.43. The van der Waals surface area contributed by atoms with Crippen LogP contribution in [0.1, 0.15) is 42.6 Å². The smallest absolute Gasteiger partial charge is 0.340 e. The first-order chi connectivity index (χ1) is 8.85. The number of methoxy groups -OCH3 is 1. The maximum atomic E-state index is 11.7. The molecule has 0 atom stereocenters. The van der Waals surface area contributed by atoms with E-state index in [2.05, 4.69) is 19.2 Å². The summed E-state index contributed by atoms with van der Waals surface area (Å²) in [6.07, 6.45) is 2.52. The highest BCUT2D eigenvalue weighted by atomic mass is 16.5. The summed E-state index contributed by atoms with van der Waals surface area (Å²) in [6, 6.07) is 3.75. The Labute approximate surface area is 114 Å². The second kappa shape index (κ2) is 4.76. The van der Waals surface area contributed by atoms with Crippen LogP contribution >= 0.6 is 0 Å². The Balaban J connectivity index is 2.31. The normalized spacial score (nSPS) is 15.2. The molecule has 1 aliphatic carbocycles. The molecule has 4 heteroatoms. The molecule has 1 fully saturated rings. The van der Waals surface area contributed by atoms with E-state index >= 15 is 0 Å². The van der Waals surface area contributed by atoms with Crippen molar-refractivity contribution in [3.63, 3.8) is 0 Å². The van der Waals surface area contributed by atoms with E-state index in [4.69, 9.17) is 10.5 Å². The summed E-state index contributed by atoms with van der Waals surface area (Å²) in [5, 5.41) is 3.50. The number of hydrogen-bond acceptors (Lipinski definition) is 4. The van der Waals surface area contributed by atoms with Crippen LogP contribution in [0.3, 0.4) is 0 Å². The van der Waals surface area contributed by atoms with E-state index < -0.39 is 5.97 Å². The second-order valence-corrected chi connectivity index (χ2v) is 5.87. The zero-order valence-electron chi connectivity index (χ0n) is 12.0. The molecular formula is C15H22N2O2. The summed E-state index contributed by atoms with van der Waals surface area (Å²) in [4.78, 5) is 11.7. The lowest BCUT2D eigenvalue weighted by Gasteiger charge is -2.28. The third-order valence-corrected chi connectivity index (χ3v) is 3.86. The number of esters is 1. The Kier molecular flexibility index (Phi) is 3.43. The van der Waals surface area contributed by atoms with Crippen LogP contribution in [0.4, 0.5) is 11.4 Å². The van der Waals surface area contributed by atoms with Crippen molar-refractivity contribution < 1.29 is 9.53 Å². The van der Waals surface area contributed by atoms with Gasteiger partial charge in [0.05, 0.1) is 12.7 Å². The van der Waals surface area contributed by atoms with Gasteiger partial charge in [0.2, 0.25) is 0 Å². The van der Waals surface area contributed by atoms with Crippen molar-refractivity contribution in [1.29, 1.82) is 0 Å². The van der Waals surface area contributed by atoms with Gasteiger partial charge in [0.25, 0.3) is 0 Å². The lowest BCUT2D eigenvalue weighted by Crippen LogP contribution is -2.33. The van der Waals surface area contributed by atoms with Gasteiger partial charge in [-0.2, -0.15) is 0 Å². The molecule has 104 valence electrons. The molecule has 1 aromatic rings. The van der Waals surface area contributed by atoms with E-state index in [0.29, 0.717) is 17.2 Å². The lowest BCUT2D eigenvalue weighted by molar-refractivity contribution is 0.0602. The highest BCUT2D eigenvalue weighted by Crippen LogP contribution is 2.41. The third kappa shape index (κ3) is 2.83. The summed E-state index contributed by atoms with van der Waals surface area (Å²) in [5.41, 5.74) is 8.69. The van der Waals surface area contributed by atoms with E-state index in [1.54, 1.807) is 6.07 Å². The molecule has 0 spiro atoms. The van der Waals surface area contributed by atoms with Crippen molar-refractivity contribution in [3.8, 4) is 0 Å². The molecule has 0 aromatic heterocycles. The van der Waals surface area contributed by atoms with Crippen LogP contribution in [0.5, 0.6) is 0 Å². The van der Waals surface area contributed by atoms with Crippen LogP contribution in [0.2, 0.25) is 0 Å². The molecule has 0 radical (unpaired) electrons. The molecule has 0 bridgehead atoms. The Hall–Kier alpha value is -1.71. The molecule has 0 heterocycles. The molecule has 1 aromatic carbocycles. The van der Waals surface area contributed by atoms with Crippen LogP contribution in [-0.2, 0) is 4.74 Å². The largest absolute Gasteiger partial charge is 0.465 e. The molecule has 19 heavy (non-hydrogen) atoms. The SMILES string of the molecule is COC(=O)c1cc(NC(C)(C)C2CC2)cc(C)c1N. The van der Waals surface area contributed by atoms with E-state index in [0.717, 1.165) is 11.3 Å². The number of nitrogens with two attached hydrogens (primary N) is 1. The molecule has 0 saturated heterocycles. The van der Waals surface area contributed by atoms with Crippen molar-refractivity contribution >= 4 is 17.3 Å². The number of anilines is 2. The molecule has 2 rings (SSSR count). The number of rotatable bonds is 4. The Morgan fingerprint density at radius 3 is 2.58 bits per heavy atom. The van der Waals surface area contributed by atoms with Crippen LogP contribution < -0.4 is 11.1 Å². The molecule has 4 nitrogen and oxygen atoms in total. The van der Waals surface area contributed by atoms with Gasteiger partial charge in [-0.05, 0) is 57.2 Å². The van der Waals surface area contributed by atoms with Gasteiger partial charge in [-0.15, -0.1) is 0 Å². The standard InChI is InChI=1S/C15H22N2O2/c1-9-7-11(17-15(2,3)10-5-6-10)8-12(13(9)16)14(18)19-4/h7-8,10,17H,5-6,16H2,1-4H3. The predicted octanol–water partition coefficient (Wildman–Crippen LogP) is 2.96. The first-order valence-electron chi connectivity index (χ1n) is 6.62. The fraction of sp³-hybridized carbons (Fsp3) is 0.533. The second-order valence-electron chi connectivity index (χ2n) is 5.87. The van der Waals surface area contributed by atoms with Gasteiger partial charge in [0.15, 0.2) is 0 Å². The number of hydrogen-bond donors (Lipinski definition) is 2. The number of carbonyl (C=O) groups is 1. The Bertz CT molecular complexity index is 505. The molecule has 3 N–H and O–H groups in total. The minimum absolute atomic E-state index is 0.0376. The number of benzene rings is 1. The molecule has 0 unspecified atom stereocenters. The molecule has 1 aliphatic rings. The van der Waals surface area contributed by atoms with Gasteiger partial charge >= 0.3 is 5.97 Å². The molecule has 1 saturated carbocycles. The summed E-state index contributed by atoms with van der Waals surface area (Å²) < 4.78 is 4.77. The number of carbonyl (C=O) groups excluding carboxylic acids is 1. The third-order valence-electron chi connectivity index (χ3n) is 3.86. The first kappa shape index (κ1) is 13.7. The average Bonchev–Trinajstić information content (AvgIpc) is 3.16. The van der Waals surface area contributed by atoms with Gasteiger partial charge in [-0.25, -0.2) is 4.79 Å². The predicted molar refractivity (Wildman–Crippen MR) is 77.4 cm³/mol. The summed E-state index contributed by atoms with van der Waals surface area (Å²) in [6.45, 7) is 6.28. The van der Waals surface area contributed by atoms with Crippen molar-refractivity contribution in [2.45, 2.75) is 39.2 Å². The van der Waals surface area contributed by atoms with Crippen LogP contribution in [0, 0.1) is 12.8 Å². The fourth-order valence-electron chi connectivity index (χ4n) is 2.43. The lowest BCUT2D eigenvalue weighted by atomic mass is 9.97. The van der Waals surface area contributed by atoms with E-state index in [1.165, 1.54) is 20.0 Å². The molecule has 0 amide bonds. The van der Waals surface area contributed by atoms with Crippen LogP contribution in [0.15, 0.2) is 12.1 Å². The molecular weight excluding hydrogens is 240 g/mol. The minimum Gasteiger partial charge on any atom is -0.465 e. The van der Waals surface area contributed by atoms with E-state index in [-0.39, 0.29) is 5.54 Å². The maximum Gasteiger partial charge on any atom is 0.340 e. The van der Waals surface area contributed by atoms with Gasteiger partial charge in [0.1, 0.15) is 0 Å². The highest BCUT2D eigenvalue weighted by molar-refractivity contribution is 5.97. The summed E-state index contributed by atoms with van der Waals surface area (Å²) >= 11 is 0. The van der Waals surface area contributed by atoms with Crippen LogP contribution in [0.25, 0.3) is 0 Å². The quantitative estimate of drug-likeness (QED) is 0.647. The Morgan fingerprint density at radius 1 is 1.42 bits per heavy atom. The zero-order valence-corrected chi connectivity index (χ0v) is 12.0. The van der Waals surface area contributed by atoms with Crippen molar-refractivity contribution in [2.75, 3.05) is 18.2 Å². The Morgan fingerprint density at radius 2 is 2.05 bits per heavy atom. The number of nitrogens with one attached hydrogen (secondary N) is 1. The van der Waals surface area contributed by atoms with Gasteiger partial charge in [0, 0.05) is 16.9 Å². The number of ether oxygens (including phenoxy) is 1. The summed E-state index contributed by atoms with van der Waals surface area (Å²) in [5.74, 6) is 0.306. The van der Waals surface area contributed by atoms with Crippen molar-refractivity contribution in [1.82, 2.24) is 0 Å². The first-order valence-corrected chi connectivity index (χ1v) is 6.62.